The zero-order valence-electron chi connectivity index (χ0n) is 17.8. The SMILES string of the molecule is O=C(O)c1cn(C2CC2)c2c(Cl)c(N3CCC(N=Cc4c(Cl)cccc4Cl)C3)c(F)cc2c1=O. The molecule has 3 aromatic rings. The van der Waals surface area contributed by atoms with Gasteiger partial charge in [0.05, 0.1) is 37.7 Å². The number of rotatable bonds is 5. The molecule has 2 fully saturated rings. The van der Waals surface area contributed by atoms with Gasteiger partial charge in [-0.15, -0.1) is 0 Å². The monoisotopic (exact) mass is 521 g/mol. The van der Waals surface area contributed by atoms with Gasteiger partial charge in [0, 0.05) is 37.1 Å². The third kappa shape index (κ3) is 4.06. The number of aromatic carboxylic acids is 1. The molecule has 5 rings (SSSR count). The molecule has 6 nitrogen and oxygen atoms in total. The van der Waals surface area contributed by atoms with Gasteiger partial charge in [-0.3, -0.25) is 9.79 Å². The summed E-state index contributed by atoms with van der Waals surface area (Å²) in [6, 6.07) is 6.23. The van der Waals surface area contributed by atoms with Crippen LogP contribution in [0.3, 0.4) is 0 Å². The minimum atomic E-state index is -1.35. The average Bonchev–Trinajstić information content (AvgIpc) is 3.53. The molecule has 176 valence electrons. The van der Waals surface area contributed by atoms with E-state index in [1.165, 1.54) is 6.20 Å². The average molecular weight is 523 g/mol. The molecule has 0 radical (unpaired) electrons. The van der Waals surface area contributed by atoms with E-state index in [1.807, 2.05) is 0 Å². The standard InChI is InChI=1S/C24H19Cl3FN3O3/c25-17-2-1-3-18(26)15(17)9-29-12-6-7-30(10-12)22-19(28)8-14-21(20(22)27)31(13-4-5-13)11-16(23(14)32)24(33)34/h1-3,8-9,11-13H,4-7,10H2,(H,33,34). The number of carboxylic acid groups (broad SMARTS) is 1. The summed E-state index contributed by atoms with van der Waals surface area (Å²) in [5.74, 6) is -2.01. The molecule has 1 aromatic heterocycles. The zero-order chi connectivity index (χ0) is 24.1. The third-order valence-electron chi connectivity index (χ3n) is 6.25. The quantitative estimate of drug-likeness (QED) is 0.428. The topological polar surface area (TPSA) is 74.9 Å². The molecule has 1 aliphatic heterocycles. The van der Waals surface area contributed by atoms with E-state index in [4.69, 9.17) is 34.8 Å². The molecule has 34 heavy (non-hydrogen) atoms. The number of carboxylic acids is 1. The number of benzene rings is 2. The summed E-state index contributed by atoms with van der Waals surface area (Å²) in [7, 11) is 0. The van der Waals surface area contributed by atoms with Gasteiger partial charge in [-0.05, 0) is 37.5 Å². The molecule has 1 unspecified atom stereocenters. The van der Waals surface area contributed by atoms with E-state index in [2.05, 4.69) is 4.99 Å². The number of anilines is 1. The first-order chi connectivity index (χ1) is 16.3. The van der Waals surface area contributed by atoms with E-state index < -0.39 is 22.8 Å². The van der Waals surface area contributed by atoms with Gasteiger partial charge in [0.2, 0.25) is 5.43 Å². The van der Waals surface area contributed by atoms with E-state index in [0.29, 0.717) is 40.6 Å². The van der Waals surface area contributed by atoms with Crippen molar-refractivity contribution in [3.05, 3.63) is 72.7 Å². The number of fused-ring (bicyclic) bond motifs is 1. The Balaban J connectivity index is 1.52. The highest BCUT2D eigenvalue weighted by atomic mass is 35.5. The summed E-state index contributed by atoms with van der Waals surface area (Å²) in [5, 5.41) is 10.5. The molecular weight excluding hydrogens is 504 g/mol. The number of halogens is 4. The maximum atomic E-state index is 15.3. The van der Waals surface area contributed by atoms with Crippen molar-refractivity contribution in [1.82, 2.24) is 4.57 Å². The first kappa shape index (κ1) is 23.1. The molecule has 0 amide bonds. The van der Waals surface area contributed by atoms with E-state index in [0.717, 1.165) is 18.9 Å². The number of pyridine rings is 1. The Labute approximate surface area is 209 Å². The fraction of sp³-hybridized carbons (Fsp3) is 0.292. The summed E-state index contributed by atoms with van der Waals surface area (Å²) >= 11 is 19.1. The van der Waals surface area contributed by atoms with Crippen LogP contribution in [0.5, 0.6) is 0 Å². The molecule has 1 saturated heterocycles. The third-order valence-corrected chi connectivity index (χ3v) is 7.27. The van der Waals surface area contributed by atoms with Gasteiger partial charge in [-0.2, -0.15) is 0 Å². The van der Waals surface area contributed by atoms with Crippen molar-refractivity contribution < 1.29 is 14.3 Å². The van der Waals surface area contributed by atoms with Crippen LogP contribution in [0.2, 0.25) is 15.1 Å². The summed E-state index contributed by atoms with van der Waals surface area (Å²) < 4.78 is 17.0. The Morgan fingerprint density at radius 1 is 1.18 bits per heavy atom. The lowest BCUT2D eigenvalue weighted by Gasteiger charge is -2.23. The van der Waals surface area contributed by atoms with E-state index in [9.17, 15) is 14.7 Å². The van der Waals surface area contributed by atoms with Crippen molar-refractivity contribution in [3.8, 4) is 0 Å². The molecule has 10 heteroatoms. The number of nitrogens with zero attached hydrogens (tertiary/aromatic N) is 3. The predicted molar refractivity (Wildman–Crippen MR) is 133 cm³/mol. The smallest absolute Gasteiger partial charge is 0.341 e. The molecule has 1 N–H and O–H groups in total. The van der Waals surface area contributed by atoms with Crippen LogP contribution in [0.1, 0.15) is 41.2 Å². The largest absolute Gasteiger partial charge is 0.477 e. The lowest BCUT2D eigenvalue weighted by molar-refractivity contribution is 0.0695. The second-order valence-electron chi connectivity index (χ2n) is 8.53. The minimum absolute atomic E-state index is 0.0276. The van der Waals surface area contributed by atoms with Gasteiger partial charge in [0.25, 0.3) is 0 Å². The van der Waals surface area contributed by atoms with Crippen LogP contribution in [0.25, 0.3) is 10.9 Å². The van der Waals surface area contributed by atoms with Gasteiger partial charge >= 0.3 is 5.97 Å². The molecule has 0 spiro atoms. The molecule has 1 atom stereocenters. The van der Waals surface area contributed by atoms with Gasteiger partial charge in [0.15, 0.2) is 0 Å². The highest BCUT2D eigenvalue weighted by molar-refractivity contribution is 6.39. The van der Waals surface area contributed by atoms with Crippen LogP contribution in [0.4, 0.5) is 10.1 Å². The highest BCUT2D eigenvalue weighted by Gasteiger charge is 2.32. The van der Waals surface area contributed by atoms with Crippen molar-refractivity contribution >= 4 is 63.6 Å². The van der Waals surface area contributed by atoms with Crippen molar-refractivity contribution in [1.29, 1.82) is 0 Å². The van der Waals surface area contributed by atoms with E-state index >= 15 is 4.39 Å². The highest BCUT2D eigenvalue weighted by Crippen LogP contribution is 2.42. The van der Waals surface area contributed by atoms with Crippen LogP contribution in [0.15, 0.2) is 40.2 Å². The number of carbonyl (C=O) groups is 1. The van der Waals surface area contributed by atoms with Crippen LogP contribution in [-0.4, -0.2) is 41.0 Å². The van der Waals surface area contributed by atoms with Gasteiger partial charge in [-0.1, -0.05) is 40.9 Å². The fourth-order valence-electron chi connectivity index (χ4n) is 4.40. The lowest BCUT2D eigenvalue weighted by atomic mass is 10.1. The molecule has 2 aliphatic rings. The Morgan fingerprint density at radius 2 is 1.88 bits per heavy atom. The summed E-state index contributed by atoms with van der Waals surface area (Å²) in [6.07, 6.45) is 5.30. The van der Waals surface area contributed by atoms with Gasteiger partial charge in [0.1, 0.15) is 11.4 Å². The Hall–Kier alpha value is -2.61. The second kappa shape index (κ2) is 8.87. The number of hydrogen-bond acceptors (Lipinski definition) is 4. The Morgan fingerprint density at radius 3 is 2.53 bits per heavy atom. The van der Waals surface area contributed by atoms with Crippen LogP contribution in [-0.2, 0) is 0 Å². The summed E-state index contributed by atoms with van der Waals surface area (Å²) in [6.45, 7) is 0.933. The Bertz CT molecular complexity index is 1400. The van der Waals surface area contributed by atoms with Crippen molar-refractivity contribution in [2.45, 2.75) is 31.3 Å². The van der Waals surface area contributed by atoms with Crippen molar-refractivity contribution in [2.24, 2.45) is 4.99 Å². The molecule has 2 heterocycles. The summed E-state index contributed by atoms with van der Waals surface area (Å²) in [5.41, 5.74) is 0.0514. The molecule has 2 aromatic carbocycles. The predicted octanol–water partition coefficient (Wildman–Crippen LogP) is 5.83. The van der Waals surface area contributed by atoms with Crippen LogP contribution < -0.4 is 10.3 Å². The maximum Gasteiger partial charge on any atom is 0.341 e. The van der Waals surface area contributed by atoms with E-state index in [-0.39, 0.29) is 28.2 Å². The fourth-order valence-corrected chi connectivity index (χ4v) is 5.30. The number of hydrogen-bond donors (Lipinski definition) is 1. The Kier molecular flexibility index (Phi) is 6.04. The molecular formula is C24H19Cl3FN3O3. The second-order valence-corrected chi connectivity index (χ2v) is 9.73. The van der Waals surface area contributed by atoms with Crippen LogP contribution >= 0.6 is 34.8 Å². The number of aromatic nitrogens is 1. The van der Waals surface area contributed by atoms with E-state index in [1.54, 1.807) is 33.9 Å². The van der Waals surface area contributed by atoms with Crippen LogP contribution in [0, 0.1) is 5.82 Å². The first-order valence-electron chi connectivity index (χ1n) is 10.8. The molecule has 0 bridgehead atoms. The van der Waals surface area contributed by atoms with Crippen molar-refractivity contribution in [3.63, 3.8) is 0 Å². The van der Waals surface area contributed by atoms with Crippen molar-refractivity contribution in [2.75, 3.05) is 18.0 Å². The molecule has 1 aliphatic carbocycles. The normalized spacial score (nSPS) is 18.4. The zero-order valence-corrected chi connectivity index (χ0v) is 20.0. The lowest BCUT2D eigenvalue weighted by Crippen LogP contribution is -2.24. The summed E-state index contributed by atoms with van der Waals surface area (Å²) in [4.78, 5) is 30.7. The van der Waals surface area contributed by atoms with Gasteiger partial charge < -0.3 is 14.6 Å². The van der Waals surface area contributed by atoms with Gasteiger partial charge in [-0.25, -0.2) is 9.18 Å². The minimum Gasteiger partial charge on any atom is -0.477 e. The first-order valence-corrected chi connectivity index (χ1v) is 11.9. The molecule has 1 saturated carbocycles. The maximum absolute atomic E-state index is 15.3. The number of aliphatic imine (C=N–C) groups is 1.